The summed E-state index contributed by atoms with van der Waals surface area (Å²) in [4.78, 5) is 28.0. The Morgan fingerprint density at radius 2 is 1.67 bits per heavy atom. The molecule has 0 saturated heterocycles. The van der Waals surface area contributed by atoms with Crippen LogP contribution in [0.2, 0.25) is 10.0 Å². The van der Waals surface area contributed by atoms with E-state index in [1.165, 1.54) is 59.5 Å². The van der Waals surface area contributed by atoms with Crippen molar-refractivity contribution in [1.82, 2.24) is 10.2 Å². The molecular formula is C28H30Cl2FN3O4S. The van der Waals surface area contributed by atoms with E-state index in [4.69, 9.17) is 23.2 Å². The monoisotopic (exact) mass is 593 g/mol. The van der Waals surface area contributed by atoms with Gasteiger partial charge in [0.15, 0.2) is 0 Å². The van der Waals surface area contributed by atoms with Crippen LogP contribution >= 0.6 is 23.2 Å². The minimum absolute atomic E-state index is 0.0168. The van der Waals surface area contributed by atoms with Crippen LogP contribution in [0.3, 0.4) is 0 Å². The lowest BCUT2D eigenvalue weighted by Crippen LogP contribution is -2.51. The van der Waals surface area contributed by atoms with Crippen molar-refractivity contribution in [2.45, 2.75) is 44.2 Å². The maximum Gasteiger partial charge on any atom is 0.264 e. The Morgan fingerprint density at radius 1 is 1.00 bits per heavy atom. The fourth-order valence-electron chi connectivity index (χ4n) is 3.82. The number of nitrogens with zero attached hydrogens (tertiary/aromatic N) is 2. The van der Waals surface area contributed by atoms with Crippen molar-refractivity contribution in [3.05, 3.63) is 94.2 Å². The Balaban J connectivity index is 2.02. The van der Waals surface area contributed by atoms with Gasteiger partial charge in [-0.05, 0) is 61.4 Å². The number of nitrogens with one attached hydrogen (secondary N) is 1. The Kier molecular flexibility index (Phi) is 10.7. The van der Waals surface area contributed by atoms with Crippen LogP contribution in [0, 0.1) is 5.82 Å². The number of hydrogen-bond acceptors (Lipinski definition) is 4. The van der Waals surface area contributed by atoms with Crippen molar-refractivity contribution in [3.63, 3.8) is 0 Å². The van der Waals surface area contributed by atoms with Crippen LogP contribution in [-0.2, 0) is 26.2 Å². The molecule has 7 nitrogen and oxygen atoms in total. The molecule has 0 heterocycles. The van der Waals surface area contributed by atoms with Gasteiger partial charge < -0.3 is 10.2 Å². The van der Waals surface area contributed by atoms with E-state index in [0.717, 1.165) is 17.1 Å². The summed E-state index contributed by atoms with van der Waals surface area (Å²) in [5.74, 6) is -1.50. The van der Waals surface area contributed by atoms with Crippen molar-refractivity contribution in [2.75, 3.05) is 17.4 Å². The average Bonchev–Trinajstić information content (AvgIpc) is 2.92. The lowest BCUT2D eigenvalue weighted by molar-refractivity contribution is -0.139. The van der Waals surface area contributed by atoms with Crippen LogP contribution in [0.4, 0.5) is 10.1 Å². The molecule has 1 N–H and O–H groups in total. The molecule has 2 amide bonds. The Hall–Kier alpha value is -3.14. The van der Waals surface area contributed by atoms with E-state index in [9.17, 15) is 22.4 Å². The SMILES string of the molecule is CCCCNC(=O)[C@H](C)N(Cc1ccc(F)cc1)C(=O)CN(c1cc(Cl)ccc1Cl)S(=O)(=O)c1ccccc1. The van der Waals surface area contributed by atoms with Gasteiger partial charge >= 0.3 is 0 Å². The summed E-state index contributed by atoms with van der Waals surface area (Å²) in [5, 5.41) is 3.10. The molecule has 0 aromatic heterocycles. The van der Waals surface area contributed by atoms with Crippen LogP contribution in [0.1, 0.15) is 32.3 Å². The molecule has 11 heteroatoms. The van der Waals surface area contributed by atoms with Crippen molar-refractivity contribution in [2.24, 2.45) is 0 Å². The molecular weight excluding hydrogens is 564 g/mol. The third-order valence-electron chi connectivity index (χ3n) is 6.05. The first kappa shape index (κ1) is 30.4. The van der Waals surface area contributed by atoms with Crippen LogP contribution in [-0.4, -0.2) is 44.3 Å². The fraction of sp³-hybridized carbons (Fsp3) is 0.286. The van der Waals surface area contributed by atoms with Gasteiger partial charge in [-0.15, -0.1) is 0 Å². The van der Waals surface area contributed by atoms with Crippen LogP contribution in [0.25, 0.3) is 0 Å². The van der Waals surface area contributed by atoms with Gasteiger partial charge in [-0.2, -0.15) is 0 Å². The topological polar surface area (TPSA) is 86.8 Å². The highest BCUT2D eigenvalue weighted by Crippen LogP contribution is 2.33. The molecule has 39 heavy (non-hydrogen) atoms. The number of unbranched alkanes of at least 4 members (excludes halogenated alkanes) is 1. The molecule has 0 unspecified atom stereocenters. The second-order valence-corrected chi connectivity index (χ2v) is 11.6. The maximum atomic E-state index is 13.8. The Bertz CT molecular complexity index is 1390. The predicted octanol–water partition coefficient (Wildman–Crippen LogP) is 5.66. The zero-order chi connectivity index (χ0) is 28.6. The molecule has 0 aliphatic heterocycles. The summed E-state index contributed by atoms with van der Waals surface area (Å²) in [6, 6.07) is 16.5. The van der Waals surface area contributed by atoms with Gasteiger partial charge in [0.1, 0.15) is 18.4 Å². The van der Waals surface area contributed by atoms with E-state index in [0.29, 0.717) is 12.1 Å². The lowest BCUT2D eigenvalue weighted by Gasteiger charge is -2.32. The molecule has 3 rings (SSSR count). The highest BCUT2D eigenvalue weighted by atomic mass is 35.5. The summed E-state index contributed by atoms with van der Waals surface area (Å²) >= 11 is 12.6. The zero-order valence-corrected chi connectivity index (χ0v) is 23.9. The van der Waals surface area contributed by atoms with E-state index >= 15 is 0 Å². The quantitative estimate of drug-likeness (QED) is 0.274. The minimum atomic E-state index is -4.27. The smallest absolute Gasteiger partial charge is 0.264 e. The van der Waals surface area contributed by atoms with Gasteiger partial charge in [0.25, 0.3) is 10.0 Å². The first-order chi connectivity index (χ1) is 18.5. The molecule has 0 radical (unpaired) electrons. The lowest BCUT2D eigenvalue weighted by atomic mass is 10.1. The number of carbonyl (C=O) groups is 2. The number of benzene rings is 3. The van der Waals surface area contributed by atoms with Crippen molar-refractivity contribution < 1.29 is 22.4 Å². The Morgan fingerprint density at radius 3 is 2.31 bits per heavy atom. The van der Waals surface area contributed by atoms with Gasteiger partial charge in [0.2, 0.25) is 11.8 Å². The van der Waals surface area contributed by atoms with E-state index in [2.05, 4.69) is 5.32 Å². The molecule has 3 aromatic carbocycles. The summed E-state index contributed by atoms with van der Waals surface area (Å²) in [7, 11) is -4.27. The largest absolute Gasteiger partial charge is 0.354 e. The molecule has 0 aliphatic rings. The first-order valence-corrected chi connectivity index (χ1v) is 14.6. The predicted molar refractivity (Wildman–Crippen MR) is 152 cm³/mol. The minimum Gasteiger partial charge on any atom is -0.354 e. The molecule has 0 saturated carbocycles. The highest BCUT2D eigenvalue weighted by Gasteiger charge is 2.33. The Labute approximate surface area is 238 Å². The number of sulfonamides is 1. The van der Waals surface area contributed by atoms with E-state index in [-0.39, 0.29) is 27.2 Å². The van der Waals surface area contributed by atoms with E-state index < -0.39 is 40.2 Å². The third kappa shape index (κ3) is 7.94. The van der Waals surface area contributed by atoms with Gasteiger partial charge in [-0.3, -0.25) is 13.9 Å². The molecule has 3 aromatic rings. The molecule has 208 valence electrons. The molecule has 0 spiro atoms. The van der Waals surface area contributed by atoms with Gasteiger partial charge in [-0.25, -0.2) is 12.8 Å². The van der Waals surface area contributed by atoms with Crippen LogP contribution in [0.15, 0.2) is 77.7 Å². The molecule has 1 atom stereocenters. The number of halogens is 3. The second-order valence-electron chi connectivity index (χ2n) is 8.89. The first-order valence-electron chi connectivity index (χ1n) is 12.4. The maximum absolute atomic E-state index is 13.8. The summed E-state index contributed by atoms with van der Waals surface area (Å²) in [6.07, 6.45) is 1.64. The van der Waals surface area contributed by atoms with Crippen molar-refractivity contribution >= 4 is 50.7 Å². The van der Waals surface area contributed by atoms with Gasteiger partial charge in [0, 0.05) is 18.1 Å². The molecule has 0 aliphatic carbocycles. The highest BCUT2D eigenvalue weighted by molar-refractivity contribution is 7.92. The fourth-order valence-corrected chi connectivity index (χ4v) is 5.70. The van der Waals surface area contributed by atoms with Crippen molar-refractivity contribution in [1.29, 1.82) is 0 Å². The van der Waals surface area contributed by atoms with Gasteiger partial charge in [0.05, 0.1) is 15.6 Å². The number of rotatable bonds is 12. The van der Waals surface area contributed by atoms with E-state index in [1.54, 1.807) is 25.1 Å². The summed E-state index contributed by atoms with van der Waals surface area (Å²) in [5.41, 5.74) is 0.583. The zero-order valence-electron chi connectivity index (χ0n) is 21.6. The van der Waals surface area contributed by atoms with Gasteiger partial charge in [-0.1, -0.05) is 66.9 Å². The normalized spacial score (nSPS) is 12.0. The molecule has 0 fully saturated rings. The summed E-state index contributed by atoms with van der Waals surface area (Å²) < 4.78 is 41.9. The van der Waals surface area contributed by atoms with Crippen molar-refractivity contribution in [3.8, 4) is 0 Å². The third-order valence-corrected chi connectivity index (χ3v) is 8.38. The standard InChI is InChI=1S/C28H30Cl2FN3O4S/c1-3-4-16-32-28(36)20(2)33(18-21-10-13-23(31)14-11-21)27(35)19-34(26-17-22(29)12-15-25(26)30)39(37,38)24-8-6-5-7-9-24/h5-15,17,20H,3-4,16,18-19H2,1-2H3,(H,32,36)/t20-/m0/s1. The molecule has 0 bridgehead atoms. The second kappa shape index (κ2) is 13.8. The average molecular weight is 595 g/mol. The van der Waals surface area contributed by atoms with E-state index in [1.807, 2.05) is 6.92 Å². The number of anilines is 1. The number of hydrogen-bond donors (Lipinski definition) is 1. The number of amides is 2. The number of carbonyl (C=O) groups excluding carboxylic acids is 2. The van der Waals surface area contributed by atoms with Crippen LogP contribution < -0.4 is 9.62 Å². The van der Waals surface area contributed by atoms with Crippen LogP contribution in [0.5, 0.6) is 0 Å². The summed E-state index contributed by atoms with van der Waals surface area (Å²) in [6.45, 7) is 3.27.